The molecule has 0 unspecified atom stereocenters. The van der Waals surface area contributed by atoms with Crippen molar-refractivity contribution < 1.29 is 4.74 Å². The van der Waals surface area contributed by atoms with Crippen molar-refractivity contribution in [3.05, 3.63) is 29.3 Å². The summed E-state index contributed by atoms with van der Waals surface area (Å²) < 4.78 is 5.93. The van der Waals surface area contributed by atoms with Crippen LogP contribution < -0.4 is 4.74 Å². The molecule has 0 atom stereocenters. The molecule has 0 aliphatic carbocycles. The van der Waals surface area contributed by atoms with Crippen LogP contribution in [0.3, 0.4) is 0 Å². The Balaban J connectivity index is 2.98. The molecule has 0 aliphatic rings. The number of unbranched alkanes of at least 4 members (excludes halogenated alkanes) is 1. The van der Waals surface area contributed by atoms with Crippen LogP contribution in [0, 0.1) is 0 Å². The molecule has 0 heterocycles. The number of rotatable bonds is 6. The van der Waals surface area contributed by atoms with Crippen LogP contribution in [0.5, 0.6) is 5.75 Å². The van der Waals surface area contributed by atoms with Crippen LogP contribution in [0.4, 0.5) is 0 Å². The lowest BCUT2D eigenvalue weighted by atomic mass is 9.90. The van der Waals surface area contributed by atoms with E-state index in [1.807, 2.05) is 0 Å². The van der Waals surface area contributed by atoms with Crippen molar-refractivity contribution in [2.75, 3.05) is 6.61 Å². The fraction of sp³-hybridized carbons (Fsp3) is 0.625. The topological polar surface area (TPSA) is 9.23 Å². The largest absolute Gasteiger partial charge is 0.493 e. The van der Waals surface area contributed by atoms with Gasteiger partial charge in [0.25, 0.3) is 0 Å². The van der Waals surface area contributed by atoms with Crippen LogP contribution in [-0.2, 0) is 0 Å². The average molecular weight is 234 g/mol. The molecule has 0 N–H and O–H groups in total. The molecular formula is C16H26O. The van der Waals surface area contributed by atoms with Gasteiger partial charge in [-0.25, -0.2) is 0 Å². The molecule has 0 amide bonds. The van der Waals surface area contributed by atoms with Gasteiger partial charge in [-0.15, -0.1) is 0 Å². The quantitative estimate of drug-likeness (QED) is 0.621. The Hall–Kier alpha value is -0.980. The molecule has 1 aromatic carbocycles. The van der Waals surface area contributed by atoms with Gasteiger partial charge in [0, 0.05) is 5.56 Å². The molecule has 1 aromatic rings. The second kappa shape index (κ2) is 6.68. The first kappa shape index (κ1) is 14.1. The fourth-order valence-corrected chi connectivity index (χ4v) is 2.13. The summed E-state index contributed by atoms with van der Waals surface area (Å²) in [6.45, 7) is 12.0. The zero-order valence-corrected chi connectivity index (χ0v) is 11.9. The number of benzene rings is 1. The molecule has 0 aliphatic heterocycles. The zero-order chi connectivity index (χ0) is 12.8. The molecule has 1 heteroatoms. The lowest BCUT2D eigenvalue weighted by molar-refractivity contribution is 0.304. The van der Waals surface area contributed by atoms with Gasteiger partial charge in [0.05, 0.1) is 6.61 Å². The van der Waals surface area contributed by atoms with Gasteiger partial charge >= 0.3 is 0 Å². The second-order valence-corrected chi connectivity index (χ2v) is 5.27. The van der Waals surface area contributed by atoms with Gasteiger partial charge < -0.3 is 4.74 Å². The third-order valence-electron chi connectivity index (χ3n) is 3.05. The van der Waals surface area contributed by atoms with Gasteiger partial charge in [-0.1, -0.05) is 53.2 Å². The molecule has 1 rings (SSSR count). The highest BCUT2D eigenvalue weighted by Crippen LogP contribution is 2.33. The van der Waals surface area contributed by atoms with E-state index in [2.05, 4.69) is 52.8 Å². The lowest BCUT2D eigenvalue weighted by Crippen LogP contribution is -2.05. The molecular weight excluding hydrogens is 208 g/mol. The average Bonchev–Trinajstić information content (AvgIpc) is 2.28. The fourth-order valence-electron chi connectivity index (χ4n) is 2.13. The van der Waals surface area contributed by atoms with Crippen molar-refractivity contribution in [3.8, 4) is 5.75 Å². The van der Waals surface area contributed by atoms with Crippen molar-refractivity contribution >= 4 is 0 Å². The first-order chi connectivity index (χ1) is 8.07. The minimum absolute atomic E-state index is 0.519. The van der Waals surface area contributed by atoms with E-state index in [0.717, 1.165) is 18.8 Å². The number of hydrogen-bond donors (Lipinski definition) is 0. The summed E-state index contributed by atoms with van der Waals surface area (Å²) in [5.74, 6) is 2.16. The summed E-state index contributed by atoms with van der Waals surface area (Å²) in [6, 6.07) is 6.45. The summed E-state index contributed by atoms with van der Waals surface area (Å²) in [5.41, 5.74) is 2.81. The van der Waals surface area contributed by atoms with E-state index in [1.165, 1.54) is 17.5 Å². The maximum atomic E-state index is 5.93. The third kappa shape index (κ3) is 3.76. The van der Waals surface area contributed by atoms with E-state index in [4.69, 9.17) is 4.74 Å². The van der Waals surface area contributed by atoms with Crippen molar-refractivity contribution in [3.63, 3.8) is 0 Å². The second-order valence-electron chi connectivity index (χ2n) is 5.27. The molecule has 0 aromatic heterocycles. The number of hydrogen-bond acceptors (Lipinski definition) is 1. The van der Waals surface area contributed by atoms with Gasteiger partial charge in [-0.2, -0.15) is 0 Å². The summed E-state index contributed by atoms with van der Waals surface area (Å²) in [7, 11) is 0. The van der Waals surface area contributed by atoms with Crippen LogP contribution >= 0.6 is 0 Å². The van der Waals surface area contributed by atoms with E-state index < -0.39 is 0 Å². The Kier molecular flexibility index (Phi) is 5.54. The first-order valence-corrected chi connectivity index (χ1v) is 6.83. The van der Waals surface area contributed by atoms with E-state index in [9.17, 15) is 0 Å². The van der Waals surface area contributed by atoms with E-state index in [1.54, 1.807) is 0 Å². The van der Waals surface area contributed by atoms with Crippen LogP contribution in [0.15, 0.2) is 18.2 Å². The third-order valence-corrected chi connectivity index (χ3v) is 3.05. The van der Waals surface area contributed by atoms with Gasteiger partial charge in [-0.3, -0.25) is 0 Å². The smallest absolute Gasteiger partial charge is 0.123 e. The highest BCUT2D eigenvalue weighted by molar-refractivity contribution is 5.43. The summed E-state index contributed by atoms with van der Waals surface area (Å²) in [4.78, 5) is 0. The van der Waals surface area contributed by atoms with Crippen molar-refractivity contribution in [2.24, 2.45) is 0 Å². The van der Waals surface area contributed by atoms with Gasteiger partial charge in [0.2, 0.25) is 0 Å². The normalized spacial score (nSPS) is 11.2. The predicted octanol–water partition coefficient (Wildman–Crippen LogP) is 5.11. The summed E-state index contributed by atoms with van der Waals surface area (Å²) >= 11 is 0. The van der Waals surface area contributed by atoms with Crippen molar-refractivity contribution in [2.45, 2.75) is 59.3 Å². The molecule has 0 fully saturated rings. The first-order valence-electron chi connectivity index (χ1n) is 6.83. The molecule has 0 radical (unpaired) electrons. The Labute approximate surface area is 106 Å². The Morgan fingerprint density at radius 2 is 1.76 bits per heavy atom. The van der Waals surface area contributed by atoms with Crippen LogP contribution in [0.2, 0.25) is 0 Å². The molecule has 0 saturated carbocycles. The van der Waals surface area contributed by atoms with Gasteiger partial charge in [0.15, 0.2) is 0 Å². The maximum Gasteiger partial charge on any atom is 0.123 e. The van der Waals surface area contributed by atoms with Gasteiger partial charge in [-0.05, 0) is 29.9 Å². The molecule has 0 spiro atoms. The maximum absolute atomic E-state index is 5.93. The Bertz CT molecular complexity index is 339. The monoisotopic (exact) mass is 234 g/mol. The molecule has 0 saturated heterocycles. The summed E-state index contributed by atoms with van der Waals surface area (Å²) in [5, 5.41) is 0. The van der Waals surface area contributed by atoms with E-state index in [0.29, 0.717) is 11.8 Å². The molecule has 96 valence electrons. The minimum atomic E-state index is 0.519. The molecule has 0 bridgehead atoms. The van der Waals surface area contributed by atoms with Crippen molar-refractivity contribution in [1.29, 1.82) is 0 Å². The Morgan fingerprint density at radius 1 is 1.06 bits per heavy atom. The highest BCUT2D eigenvalue weighted by atomic mass is 16.5. The Morgan fingerprint density at radius 3 is 2.29 bits per heavy atom. The van der Waals surface area contributed by atoms with Crippen molar-refractivity contribution in [1.82, 2.24) is 0 Å². The van der Waals surface area contributed by atoms with Crippen LogP contribution in [0.1, 0.15) is 70.4 Å². The van der Waals surface area contributed by atoms with Gasteiger partial charge in [0.1, 0.15) is 5.75 Å². The summed E-state index contributed by atoms with van der Waals surface area (Å²) in [6.07, 6.45) is 2.31. The predicted molar refractivity (Wildman–Crippen MR) is 75.0 cm³/mol. The molecule has 1 nitrogen and oxygen atoms in total. The standard InChI is InChI=1S/C16H26O/c1-6-7-11-17-15-10-8-9-14(12(2)3)16(15)13(4)5/h8-10,12-13H,6-7,11H2,1-5H3. The minimum Gasteiger partial charge on any atom is -0.493 e. The van der Waals surface area contributed by atoms with E-state index >= 15 is 0 Å². The van der Waals surface area contributed by atoms with Crippen LogP contribution in [0.25, 0.3) is 0 Å². The highest BCUT2D eigenvalue weighted by Gasteiger charge is 2.14. The zero-order valence-electron chi connectivity index (χ0n) is 11.9. The van der Waals surface area contributed by atoms with Crippen LogP contribution in [-0.4, -0.2) is 6.61 Å². The number of ether oxygens (including phenoxy) is 1. The SMILES string of the molecule is CCCCOc1cccc(C(C)C)c1C(C)C. The lowest BCUT2D eigenvalue weighted by Gasteiger charge is -2.20. The molecule has 17 heavy (non-hydrogen) atoms. The van der Waals surface area contributed by atoms with E-state index in [-0.39, 0.29) is 0 Å².